The lowest BCUT2D eigenvalue weighted by molar-refractivity contribution is 1.11. The normalized spacial score (nSPS) is 10.8. The van der Waals surface area contributed by atoms with Gasteiger partial charge in [0.1, 0.15) is 0 Å². The van der Waals surface area contributed by atoms with Crippen LogP contribution < -0.4 is 0 Å². The quantitative estimate of drug-likeness (QED) is 0.701. The number of hydrogen-bond acceptors (Lipinski definition) is 1. The molecule has 1 aromatic carbocycles. The smallest absolute Gasteiger partial charge is 0.0311 e. The molecule has 0 bridgehead atoms. The first-order valence-corrected chi connectivity index (χ1v) is 5.69. The summed E-state index contributed by atoms with van der Waals surface area (Å²) in [5, 5.41) is 0.642. The van der Waals surface area contributed by atoms with Crippen molar-refractivity contribution in [2.45, 2.75) is 30.9 Å². The van der Waals surface area contributed by atoms with E-state index in [4.69, 9.17) is 0 Å². The number of rotatable bonds is 2. The Morgan fingerprint density at radius 1 is 1.33 bits per heavy atom. The highest BCUT2D eigenvalue weighted by molar-refractivity contribution is 9.10. The fourth-order valence-electron chi connectivity index (χ4n) is 0.955. The lowest BCUT2D eigenvalue weighted by Crippen LogP contribution is -1.87. The van der Waals surface area contributed by atoms with Crippen LogP contribution in [0.25, 0.3) is 0 Å². The highest BCUT2D eigenvalue weighted by atomic mass is 79.9. The SMILES string of the molecule is Cc1ccc(Br)c(SC(C)C)c1. The Hall–Kier alpha value is 0.0500. The minimum Gasteiger partial charge on any atom is -0.122 e. The van der Waals surface area contributed by atoms with Gasteiger partial charge in [-0.15, -0.1) is 11.8 Å². The third-order valence-electron chi connectivity index (χ3n) is 1.45. The second-order valence-electron chi connectivity index (χ2n) is 3.10. The van der Waals surface area contributed by atoms with Gasteiger partial charge in [-0.05, 0) is 40.5 Å². The summed E-state index contributed by atoms with van der Waals surface area (Å²) in [4.78, 5) is 1.34. The van der Waals surface area contributed by atoms with Crippen LogP contribution in [-0.4, -0.2) is 5.25 Å². The highest BCUT2D eigenvalue weighted by Gasteiger charge is 2.02. The molecule has 66 valence electrons. The second kappa shape index (κ2) is 4.33. The molecule has 0 saturated carbocycles. The first-order valence-electron chi connectivity index (χ1n) is 4.02. The average Bonchev–Trinajstić information content (AvgIpc) is 1.96. The molecule has 0 aromatic heterocycles. The molecular formula is C10H13BrS. The van der Waals surface area contributed by atoms with E-state index in [0.29, 0.717) is 5.25 Å². The van der Waals surface area contributed by atoms with Gasteiger partial charge in [0.2, 0.25) is 0 Å². The van der Waals surface area contributed by atoms with Crippen LogP contribution in [0.15, 0.2) is 27.6 Å². The van der Waals surface area contributed by atoms with Crippen LogP contribution in [0.5, 0.6) is 0 Å². The number of aryl methyl sites for hydroxylation is 1. The zero-order chi connectivity index (χ0) is 9.14. The fourth-order valence-corrected chi connectivity index (χ4v) is 2.42. The van der Waals surface area contributed by atoms with E-state index in [2.05, 4.69) is 54.9 Å². The van der Waals surface area contributed by atoms with E-state index in [0.717, 1.165) is 0 Å². The lowest BCUT2D eigenvalue weighted by atomic mass is 10.2. The Morgan fingerprint density at radius 3 is 2.58 bits per heavy atom. The van der Waals surface area contributed by atoms with Gasteiger partial charge in [-0.1, -0.05) is 19.9 Å². The molecular weight excluding hydrogens is 232 g/mol. The van der Waals surface area contributed by atoms with Crippen LogP contribution >= 0.6 is 27.7 Å². The maximum absolute atomic E-state index is 3.54. The van der Waals surface area contributed by atoms with E-state index in [1.54, 1.807) is 0 Å². The Labute approximate surface area is 86.9 Å². The fraction of sp³-hybridized carbons (Fsp3) is 0.400. The molecule has 0 fully saturated rings. The number of halogens is 1. The summed E-state index contributed by atoms with van der Waals surface area (Å²) < 4.78 is 1.20. The summed E-state index contributed by atoms with van der Waals surface area (Å²) in [5.74, 6) is 0. The minimum absolute atomic E-state index is 0.642. The van der Waals surface area contributed by atoms with Gasteiger partial charge in [0, 0.05) is 14.6 Å². The Morgan fingerprint density at radius 2 is 2.00 bits per heavy atom. The standard InChI is InChI=1S/C10H13BrS/c1-7(2)12-10-6-8(3)4-5-9(10)11/h4-7H,1-3H3. The van der Waals surface area contributed by atoms with Gasteiger partial charge in [-0.2, -0.15) is 0 Å². The second-order valence-corrected chi connectivity index (χ2v) is 5.57. The number of benzene rings is 1. The van der Waals surface area contributed by atoms with Crippen molar-refractivity contribution in [3.63, 3.8) is 0 Å². The molecule has 0 radical (unpaired) electrons. The molecule has 2 heteroatoms. The summed E-state index contributed by atoms with van der Waals surface area (Å²) >= 11 is 5.43. The van der Waals surface area contributed by atoms with Gasteiger partial charge >= 0.3 is 0 Å². The zero-order valence-electron chi connectivity index (χ0n) is 7.60. The predicted molar refractivity (Wildman–Crippen MR) is 59.9 cm³/mol. The molecule has 0 aliphatic heterocycles. The maximum Gasteiger partial charge on any atom is 0.0311 e. The largest absolute Gasteiger partial charge is 0.122 e. The average molecular weight is 245 g/mol. The first-order chi connectivity index (χ1) is 5.59. The molecule has 0 N–H and O–H groups in total. The molecule has 0 unspecified atom stereocenters. The number of hydrogen-bond donors (Lipinski definition) is 0. The van der Waals surface area contributed by atoms with E-state index in [1.807, 2.05) is 11.8 Å². The van der Waals surface area contributed by atoms with Gasteiger partial charge in [0.25, 0.3) is 0 Å². The summed E-state index contributed by atoms with van der Waals surface area (Å²) in [5.41, 5.74) is 1.32. The van der Waals surface area contributed by atoms with Crippen molar-refractivity contribution in [1.29, 1.82) is 0 Å². The zero-order valence-corrected chi connectivity index (χ0v) is 10.00. The highest BCUT2D eigenvalue weighted by Crippen LogP contribution is 2.30. The molecule has 0 atom stereocenters. The molecule has 0 amide bonds. The van der Waals surface area contributed by atoms with Crippen molar-refractivity contribution in [3.8, 4) is 0 Å². The molecule has 0 saturated heterocycles. The van der Waals surface area contributed by atoms with Crippen LogP contribution in [0.2, 0.25) is 0 Å². The van der Waals surface area contributed by atoms with Crippen LogP contribution in [0.4, 0.5) is 0 Å². The van der Waals surface area contributed by atoms with Crippen molar-refractivity contribution < 1.29 is 0 Å². The number of thioether (sulfide) groups is 1. The summed E-state index contributed by atoms with van der Waals surface area (Å²) in [6.45, 7) is 6.54. The van der Waals surface area contributed by atoms with Gasteiger partial charge < -0.3 is 0 Å². The molecule has 12 heavy (non-hydrogen) atoms. The summed E-state index contributed by atoms with van der Waals surface area (Å²) in [6, 6.07) is 6.45. The summed E-state index contributed by atoms with van der Waals surface area (Å²) in [6.07, 6.45) is 0. The third kappa shape index (κ3) is 2.83. The maximum atomic E-state index is 3.54. The van der Waals surface area contributed by atoms with Crippen LogP contribution in [0.3, 0.4) is 0 Å². The molecule has 1 rings (SSSR count). The Kier molecular flexibility index (Phi) is 3.66. The van der Waals surface area contributed by atoms with E-state index in [1.165, 1.54) is 14.9 Å². The van der Waals surface area contributed by atoms with Crippen LogP contribution in [0.1, 0.15) is 19.4 Å². The predicted octanol–water partition coefficient (Wildman–Crippen LogP) is 4.26. The lowest BCUT2D eigenvalue weighted by Gasteiger charge is -2.07. The molecule has 0 aliphatic carbocycles. The minimum atomic E-state index is 0.642. The van der Waals surface area contributed by atoms with Crippen LogP contribution in [-0.2, 0) is 0 Å². The van der Waals surface area contributed by atoms with Crippen molar-refractivity contribution in [3.05, 3.63) is 28.2 Å². The molecule has 0 nitrogen and oxygen atoms in total. The monoisotopic (exact) mass is 244 g/mol. The van der Waals surface area contributed by atoms with Gasteiger partial charge in [0.05, 0.1) is 0 Å². The molecule has 0 aliphatic rings. The van der Waals surface area contributed by atoms with E-state index >= 15 is 0 Å². The topological polar surface area (TPSA) is 0 Å². The third-order valence-corrected chi connectivity index (χ3v) is 3.47. The van der Waals surface area contributed by atoms with Crippen molar-refractivity contribution in [1.82, 2.24) is 0 Å². The molecule has 1 aromatic rings. The van der Waals surface area contributed by atoms with Crippen LogP contribution in [0, 0.1) is 6.92 Å². The first kappa shape index (κ1) is 10.1. The van der Waals surface area contributed by atoms with E-state index in [9.17, 15) is 0 Å². The van der Waals surface area contributed by atoms with E-state index < -0.39 is 0 Å². The Balaban J connectivity index is 2.90. The molecule has 0 heterocycles. The van der Waals surface area contributed by atoms with Gasteiger partial charge in [-0.3, -0.25) is 0 Å². The van der Waals surface area contributed by atoms with Gasteiger partial charge in [0.15, 0.2) is 0 Å². The Bertz CT molecular complexity index is 269. The van der Waals surface area contributed by atoms with Crippen molar-refractivity contribution in [2.75, 3.05) is 0 Å². The van der Waals surface area contributed by atoms with Crippen molar-refractivity contribution in [2.24, 2.45) is 0 Å². The van der Waals surface area contributed by atoms with E-state index in [-0.39, 0.29) is 0 Å². The van der Waals surface area contributed by atoms with Gasteiger partial charge in [-0.25, -0.2) is 0 Å². The molecule has 0 spiro atoms. The summed E-state index contributed by atoms with van der Waals surface area (Å²) in [7, 11) is 0. The van der Waals surface area contributed by atoms with Crippen molar-refractivity contribution >= 4 is 27.7 Å².